The second-order valence-corrected chi connectivity index (χ2v) is 5.18. The predicted octanol–water partition coefficient (Wildman–Crippen LogP) is 2.57. The summed E-state index contributed by atoms with van der Waals surface area (Å²) < 4.78 is 9.97. The predicted molar refractivity (Wildman–Crippen MR) is 87.0 cm³/mol. The molecule has 0 fully saturated rings. The van der Waals surface area contributed by atoms with Gasteiger partial charge in [-0.2, -0.15) is 0 Å². The highest BCUT2D eigenvalue weighted by molar-refractivity contribution is 5.96. The third kappa shape index (κ3) is 4.78. The summed E-state index contributed by atoms with van der Waals surface area (Å²) in [7, 11) is 0. The molecule has 0 aliphatic rings. The zero-order valence-electron chi connectivity index (χ0n) is 14.1. The average molecular weight is 337 g/mol. The van der Waals surface area contributed by atoms with Crippen LogP contribution < -0.4 is 0 Å². The molecule has 132 valence electrons. The lowest BCUT2D eigenvalue weighted by Gasteiger charge is -2.26. The number of rotatable bonds is 9. The van der Waals surface area contributed by atoms with Gasteiger partial charge in [0.2, 0.25) is 6.04 Å². The Balaban J connectivity index is 3.41. The van der Waals surface area contributed by atoms with Crippen LogP contribution in [0.1, 0.15) is 38.7 Å². The molecule has 0 bridgehead atoms. The summed E-state index contributed by atoms with van der Waals surface area (Å²) >= 11 is 0. The number of nitro groups is 1. The van der Waals surface area contributed by atoms with E-state index in [-0.39, 0.29) is 19.6 Å². The van der Waals surface area contributed by atoms with E-state index in [9.17, 15) is 19.7 Å². The number of hydrogen-bond donors (Lipinski definition) is 0. The number of carbonyl (C=O) groups is 2. The van der Waals surface area contributed by atoms with Crippen molar-refractivity contribution in [3.63, 3.8) is 0 Å². The minimum Gasteiger partial charge on any atom is -0.465 e. The molecule has 0 saturated carbocycles. The second-order valence-electron chi connectivity index (χ2n) is 5.18. The van der Waals surface area contributed by atoms with Gasteiger partial charge < -0.3 is 9.47 Å². The summed E-state index contributed by atoms with van der Waals surface area (Å²) in [5.74, 6) is -3.93. The van der Waals surface area contributed by atoms with Gasteiger partial charge in [-0.3, -0.25) is 19.7 Å². The third-order valence-corrected chi connectivity index (χ3v) is 3.73. The van der Waals surface area contributed by atoms with Crippen molar-refractivity contribution < 1.29 is 24.0 Å². The number of nitrogens with zero attached hydrogens (tertiary/aromatic N) is 1. The minimum atomic E-state index is -1.37. The van der Waals surface area contributed by atoms with E-state index in [1.54, 1.807) is 51.1 Å². The Morgan fingerprint density at radius 1 is 1.04 bits per heavy atom. The van der Waals surface area contributed by atoms with Gasteiger partial charge in [0.15, 0.2) is 5.92 Å². The van der Waals surface area contributed by atoms with Crippen LogP contribution in [0.2, 0.25) is 0 Å². The molecule has 0 saturated heterocycles. The molecule has 1 rings (SSSR count). The van der Waals surface area contributed by atoms with Gasteiger partial charge >= 0.3 is 11.9 Å². The highest BCUT2D eigenvalue weighted by atomic mass is 16.6. The normalized spacial score (nSPS) is 13.2. The van der Waals surface area contributed by atoms with E-state index in [1.165, 1.54) is 0 Å². The quantitative estimate of drug-likeness (QED) is 0.297. The fourth-order valence-corrected chi connectivity index (χ4v) is 2.70. The molecule has 0 radical (unpaired) electrons. The van der Waals surface area contributed by atoms with Crippen molar-refractivity contribution in [1.29, 1.82) is 0 Å². The number of carbonyl (C=O) groups excluding carboxylic acids is 2. The molecule has 7 heteroatoms. The van der Waals surface area contributed by atoms with Crippen molar-refractivity contribution in [2.24, 2.45) is 5.92 Å². The molecule has 1 aromatic rings. The fraction of sp³-hybridized carbons (Fsp3) is 0.529. The largest absolute Gasteiger partial charge is 0.465 e. The summed E-state index contributed by atoms with van der Waals surface area (Å²) in [6.07, 6.45) is 0.169. The van der Waals surface area contributed by atoms with Gasteiger partial charge in [0, 0.05) is 11.3 Å². The highest BCUT2D eigenvalue weighted by Crippen LogP contribution is 2.33. The van der Waals surface area contributed by atoms with Crippen molar-refractivity contribution >= 4 is 11.9 Å². The summed E-state index contributed by atoms with van der Waals surface area (Å²) in [6.45, 7) is 5.03. The molecular weight excluding hydrogens is 314 g/mol. The van der Waals surface area contributed by atoms with Crippen LogP contribution in [-0.4, -0.2) is 36.1 Å². The topological polar surface area (TPSA) is 95.7 Å². The molecule has 0 aromatic heterocycles. The lowest BCUT2D eigenvalue weighted by atomic mass is 9.79. The fourth-order valence-electron chi connectivity index (χ4n) is 2.70. The summed E-state index contributed by atoms with van der Waals surface area (Å²) in [4.78, 5) is 35.8. The van der Waals surface area contributed by atoms with Gasteiger partial charge in [0.1, 0.15) is 0 Å². The first-order valence-electron chi connectivity index (χ1n) is 7.99. The van der Waals surface area contributed by atoms with E-state index < -0.39 is 34.7 Å². The smallest absolute Gasteiger partial charge is 0.321 e. The maximum atomic E-state index is 12.4. The number of esters is 2. The van der Waals surface area contributed by atoms with Crippen molar-refractivity contribution in [3.05, 3.63) is 46.0 Å². The van der Waals surface area contributed by atoms with Gasteiger partial charge in [-0.15, -0.1) is 0 Å². The van der Waals surface area contributed by atoms with E-state index in [0.717, 1.165) is 0 Å². The molecule has 1 aromatic carbocycles. The maximum absolute atomic E-state index is 12.4. The van der Waals surface area contributed by atoms with Crippen LogP contribution in [0.4, 0.5) is 0 Å². The average Bonchev–Trinajstić information content (AvgIpc) is 2.55. The van der Waals surface area contributed by atoms with Crippen LogP contribution in [0.3, 0.4) is 0 Å². The minimum absolute atomic E-state index is 0.0749. The van der Waals surface area contributed by atoms with Crippen molar-refractivity contribution in [2.75, 3.05) is 13.2 Å². The molecule has 0 aliphatic carbocycles. The Bertz CT molecular complexity index is 541. The van der Waals surface area contributed by atoms with Crippen molar-refractivity contribution in [2.45, 2.75) is 39.2 Å². The molecule has 24 heavy (non-hydrogen) atoms. The van der Waals surface area contributed by atoms with Crippen LogP contribution in [-0.2, 0) is 19.1 Å². The van der Waals surface area contributed by atoms with Gasteiger partial charge in [-0.1, -0.05) is 37.3 Å². The van der Waals surface area contributed by atoms with Crippen molar-refractivity contribution in [3.8, 4) is 0 Å². The van der Waals surface area contributed by atoms with E-state index >= 15 is 0 Å². The molecule has 2 atom stereocenters. The van der Waals surface area contributed by atoms with E-state index in [4.69, 9.17) is 9.47 Å². The summed E-state index contributed by atoms with van der Waals surface area (Å²) in [5.41, 5.74) is 0.534. The van der Waals surface area contributed by atoms with Crippen LogP contribution in [0.25, 0.3) is 0 Å². The van der Waals surface area contributed by atoms with Gasteiger partial charge in [-0.05, 0) is 19.4 Å². The first-order valence-corrected chi connectivity index (χ1v) is 7.99. The van der Waals surface area contributed by atoms with Gasteiger partial charge in [-0.25, -0.2) is 0 Å². The molecule has 7 nitrogen and oxygen atoms in total. The van der Waals surface area contributed by atoms with Crippen molar-refractivity contribution in [1.82, 2.24) is 0 Å². The van der Waals surface area contributed by atoms with Gasteiger partial charge in [0.05, 0.1) is 19.1 Å². The molecule has 0 N–H and O–H groups in total. The lowest BCUT2D eigenvalue weighted by molar-refractivity contribution is -0.528. The van der Waals surface area contributed by atoms with Crippen LogP contribution in [0, 0.1) is 16.0 Å². The standard InChI is InChI=1S/C17H23NO6/c1-4-13(18(21)22)14(12-10-8-7-9-11-12)15(16(19)23-5-2)17(20)24-6-3/h7-11,13-15H,4-6H2,1-3H3/t13-,14-/m1/s1. The number of ether oxygens (including phenoxy) is 2. The Morgan fingerprint density at radius 3 is 1.92 bits per heavy atom. The van der Waals surface area contributed by atoms with Crippen LogP contribution in [0.5, 0.6) is 0 Å². The Labute approximate surface area is 141 Å². The molecule has 0 heterocycles. The monoisotopic (exact) mass is 337 g/mol. The number of benzene rings is 1. The summed E-state index contributed by atoms with van der Waals surface area (Å²) in [6, 6.07) is 7.42. The zero-order chi connectivity index (χ0) is 18.1. The lowest BCUT2D eigenvalue weighted by Crippen LogP contribution is -2.41. The number of hydrogen-bond acceptors (Lipinski definition) is 6. The second kappa shape index (κ2) is 9.64. The third-order valence-electron chi connectivity index (χ3n) is 3.73. The molecule has 0 aliphatic heterocycles. The Kier molecular flexibility index (Phi) is 7.88. The van der Waals surface area contributed by atoms with E-state index in [2.05, 4.69) is 0 Å². The van der Waals surface area contributed by atoms with Gasteiger partial charge in [0.25, 0.3) is 0 Å². The first kappa shape index (κ1) is 19.6. The molecule has 0 spiro atoms. The Hall–Kier alpha value is -2.44. The molecular formula is C17H23NO6. The highest BCUT2D eigenvalue weighted by Gasteiger charge is 2.46. The molecule has 0 amide bonds. The van der Waals surface area contributed by atoms with E-state index in [1.807, 2.05) is 0 Å². The van der Waals surface area contributed by atoms with E-state index in [0.29, 0.717) is 5.56 Å². The first-order chi connectivity index (χ1) is 11.5. The van der Waals surface area contributed by atoms with Crippen LogP contribution in [0.15, 0.2) is 30.3 Å². The maximum Gasteiger partial charge on any atom is 0.321 e. The Morgan fingerprint density at radius 2 is 1.54 bits per heavy atom. The zero-order valence-corrected chi connectivity index (χ0v) is 14.1. The van der Waals surface area contributed by atoms with Crippen LogP contribution >= 0.6 is 0 Å². The SMILES string of the molecule is CCOC(=O)C(C(=O)OCC)[C@H](c1ccccc1)[C@@H](CC)[N+](=O)[O-]. The molecule has 0 unspecified atom stereocenters. The summed E-state index contributed by atoms with van der Waals surface area (Å²) in [5, 5.41) is 11.5.